The van der Waals surface area contributed by atoms with Gasteiger partial charge in [-0.25, -0.2) is 19.0 Å². The van der Waals surface area contributed by atoms with Crippen molar-refractivity contribution < 1.29 is 13.9 Å². The Bertz CT molecular complexity index is 1870. The van der Waals surface area contributed by atoms with Crippen LogP contribution in [0.15, 0.2) is 66.5 Å². The topological polar surface area (TPSA) is 129 Å². The normalized spacial score (nSPS) is 21.3. The monoisotopic (exact) mass is 651 g/mol. The quantitative estimate of drug-likeness (QED) is 0.206. The first-order chi connectivity index (χ1) is 23.0. The molecule has 2 N–H and O–H groups in total. The van der Waals surface area contributed by atoms with Gasteiger partial charge >= 0.3 is 0 Å². The third-order valence-corrected chi connectivity index (χ3v) is 9.75. The molecule has 4 aromatic rings. The smallest absolute Gasteiger partial charge is 0.264 e. The van der Waals surface area contributed by atoms with Gasteiger partial charge in [-0.15, -0.1) is 0 Å². The molecular formula is C36H42FN9O2. The average Bonchev–Trinajstić information content (AvgIpc) is 3.47. The predicted molar refractivity (Wildman–Crippen MR) is 183 cm³/mol. The van der Waals surface area contributed by atoms with E-state index in [2.05, 4.69) is 60.6 Å². The van der Waals surface area contributed by atoms with Crippen LogP contribution in [-0.2, 0) is 4.79 Å². The number of amides is 1. The Morgan fingerprint density at radius 2 is 1.81 bits per heavy atom. The third kappa shape index (κ3) is 6.48. The molecule has 0 spiro atoms. The molecular weight excluding hydrogens is 609 g/mol. The fourth-order valence-electron chi connectivity index (χ4n) is 6.79. The lowest BCUT2D eigenvalue weighted by Gasteiger charge is -2.48. The number of nitriles is 1. The molecule has 2 aromatic carbocycles. The molecule has 2 aromatic heterocycles. The van der Waals surface area contributed by atoms with E-state index in [1.807, 2.05) is 24.3 Å². The first-order valence-corrected chi connectivity index (χ1v) is 16.4. The first-order valence-electron chi connectivity index (χ1n) is 16.4. The second-order valence-corrected chi connectivity index (χ2v) is 13.4. The van der Waals surface area contributed by atoms with Crippen LogP contribution in [0.5, 0.6) is 11.5 Å². The largest absolute Gasteiger partial charge is 0.457 e. The molecule has 6 rings (SSSR count). The van der Waals surface area contributed by atoms with E-state index in [0.717, 1.165) is 13.1 Å². The number of nitrogens with two attached hydrogens (primary N) is 1. The average molecular weight is 652 g/mol. The fourth-order valence-corrected chi connectivity index (χ4v) is 6.79. The summed E-state index contributed by atoms with van der Waals surface area (Å²) >= 11 is 0. The number of anilines is 1. The van der Waals surface area contributed by atoms with Crippen LogP contribution in [0, 0.1) is 17.1 Å². The lowest BCUT2D eigenvalue weighted by Crippen LogP contribution is -2.60. The number of piperidine rings is 1. The number of carbonyl (C=O) groups is 1. The predicted octanol–water partition coefficient (Wildman–Crippen LogP) is 5.42. The van der Waals surface area contributed by atoms with Gasteiger partial charge in [-0.2, -0.15) is 10.4 Å². The molecule has 2 aliphatic heterocycles. The lowest BCUT2D eigenvalue weighted by molar-refractivity contribution is -0.128. The summed E-state index contributed by atoms with van der Waals surface area (Å²) in [7, 11) is 2.13. The van der Waals surface area contributed by atoms with Crippen LogP contribution in [-0.4, -0.2) is 91.2 Å². The van der Waals surface area contributed by atoms with Crippen LogP contribution in [0.1, 0.15) is 46.6 Å². The van der Waals surface area contributed by atoms with Crippen molar-refractivity contribution in [1.82, 2.24) is 34.4 Å². The van der Waals surface area contributed by atoms with Crippen molar-refractivity contribution >= 4 is 22.8 Å². The van der Waals surface area contributed by atoms with Gasteiger partial charge in [0.15, 0.2) is 5.65 Å². The van der Waals surface area contributed by atoms with Gasteiger partial charge in [0, 0.05) is 55.4 Å². The molecule has 48 heavy (non-hydrogen) atoms. The number of hydrogen-bond donors (Lipinski definition) is 1. The summed E-state index contributed by atoms with van der Waals surface area (Å²) < 4.78 is 23.2. The highest BCUT2D eigenvalue weighted by molar-refractivity contribution is 5.99. The molecule has 1 amide bonds. The molecule has 0 saturated carbocycles. The van der Waals surface area contributed by atoms with E-state index in [4.69, 9.17) is 15.6 Å². The van der Waals surface area contributed by atoms with E-state index in [1.165, 1.54) is 12.4 Å². The first kappa shape index (κ1) is 33.1. The number of halogens is 1. The lowest BCUT2D eigenvalue weighted by atomic mass is 9.94. The van der Waals surface area contributed by atoms with Crippen LogP contribution >= 0.6 is 0 Å². The molecule has 2 saturated heterocycles. The number of ether oxygens (including phenoxy) is 1. The molecule has 2 fully saturated rings. The highest BCUT2D eigenvalue weighted by Crippen LogP contribution is 2.36. The Morgan fingerprint density at radius 3 is 2.50 bits per heavy atom. The molecule has 0 radical (unpaired) electrons. The molecule has 0 aliphatic carbocycles. The Labute approximate surface area is 280 Å². The van der Waals surface area contributed by atoms with Gasteiger partial charge in [0.05, 0.1) is 11.4 Å². The summed E-state index contributed by atoms with van der Waals surface area (Å²) in [6.07, 6.45) is 4.58. The zero-order valence-corrected chi connectivity index (χ0v) is 28.1. The van der Waals surface area contributed by atoms with Gasteiger partial charge in [-0.05, 0) is 77.9 Å². The number of aromatic nitrogens is 4. The standard InChI is InChI=1S/C36H42FN9O2/c1-23-19-45(20-24(2)43(23)5)36(3,4)17-25(18-38)35(47)44-15-9-10-26(21-44)46-34-31(33(39)40-22-41-34)32(42-46)29-14-13-28(16-30(29)37)48-27-11-7-6-8-12-27/h6-8,11-14,16-17,22-24,26H,9-10,15,19-21H2,1-5H3,(H2,39,40,41)/t23-,24?,26-/m0/s1. The maximum atomic E-state index is 15.7. The number of piperazine rings is 1. The molecule has 1 unspecified atom stereocenters. The van der Waals surface area contributed by atoms with Gasteiger partial charge in [0.1, 0.15) is 46.8 Å². The third-order valence-electron chi connectivity index (χ3n) is 9.75. The van der Waals surface area contributed by atoms with Crippen LogP contribution in [0.3, 0.4) is 0 Å². The summed E-state index contributed by atoms with van der Waals surface area (Å²) in [4.78, 5) is 28.9. The summed E-state index contributed by atoms with van der Waals surface area (Å²) in [5, 5.41) is 15.4. The summed E-state index contributed by atoms with van der Waals surface area (Å²) in [6, 6.07) is 16.4. The Kier molecular flexibility index (Phi) is 9.18. The van der Waals surface area contributed by atoms with Gasteiger partial charge in [0.25, 0.3) is 5.91 Å². The molecule has 250 valence electrons. The van der Waals surface area contributed by atoms with Crippen molar-refractivity contribution in [3.05, 3.63) is 72.3 Å². The van der Waals surface area contributed by atoms with Gasteiger partial charge in [0.2, 0.25) is 0 Å². The number of nitrogens with zero attached hydrogens (tertiary/aromatic N) is 8. The van der Waals surface area contributed by atoms with Gasteiger partial charge < -0.3 is 15.4 Å². The van der Waals surface area contributed by atoms with E-state index in [9.17, 15) is 10.1 Å². The van der Waals surface area contributed by atoms with Crippen LogP contribution in [0.2, 0.25) is 0 Å². The number of fused-ring (bicyclic) bond motifs is 1. The number of benzene rings is 2. The second-order valence-electron chi connectivity index (χ2n) is 13.4. The van der Waals surface area contributed by atoms with E-state index in [0.29, 0.717) is 66.2 Å². The summed E-state index contributed by atoms with van der Waals surface area (Å²) in [5.74, 6) is 0.275. The zero-order chi connectivity index (χ0) is 34.2. The van der Waals surface area contributed by atoms with E-state index in [1.54, 1.807) is 33.8 Å². The van der Waals surface area contributed by atoms with Crippen molar-refractivity contribution in [3.63, 3.8) is 0 Å². The van der Waals surface area contributed by atoms with Crippen molar-refractivity contribution in [2.45, 2.75) is 64.2 Å². The van der Waals surface area contributed by atoms with Crippen LogP contribution < -0.4 is 10.5 Å². The highest BCUT2D eigenvalue weighted by Gasteiger charge is 2.36. The van der Waals surface area contributed by atoms with Crippen molar-refractivity contribution in [1.29, 1.82) is 5.26 Å². The number of para-hydroxylation sites is 1. The van der Waals surface area contributed by atoms with Crippen molar-refractivity contribution in [2.24, 2.45) is 0 Å². The molecule has 2 aliphatic rings. The van der Waals surface area contributed by atoms with Crippen molar-refractivity contribution in [3.8, 4) is 28.8 Å². The number of nitrogen functional groups attached to an aromatic ring is 1. The van der Waals surface area contributed by atoms with Crippen LogP contribution in [0.4, 0.5) is 10.2 Å². The number of rotatable bonds is 7. The number of carbonyl (C=O) groups excluding carboxylic acids is 1. The zero-order valence-electron chi connectivity index (χ0n) is 28.1. The minimum absolute atomic E-state index is 0.123. The minimum Gasteiger partial charge on any atom is -0.457 e. The Morgan fingerprint density at radius 1 is 1.08 bits per heavy atom. The highest BCUT2D eigenvalue weighted by atomic mass is 19.1. The number of hydrogen-bond acceptors (Lipinski definition) is 9. The Hall–Kier alpha value is -4.86. The minimum atomic E-state index is -0.533. The molecule has 11 nitrogen and oxygen atoms in total. The summed E-state index contributed by atoms with van der Waals surface area (Å²) in [5.41, 5.74) is 6.96. The number of likely N-dealkylation sites (tertiary alicyclic amines) is 1. The fraction of sp³-hybridized carbons (Fsp3) is 0.417. The van der Waals surface area contributed by atoms with Gasteiger partial charge in [-0.3, -0.25) is 14.6 Å². The van der Waals surface area contributed by atoms with E-state index in [-0.39, 0.29) is 28.9 Å². The van der Waals surface area contributed by atoms with E-state index < -0.39 is 11.4 Å². The molecule has 0 bridgehead atoms. The molecule has 3 atom stereocenters. The number of likely N-dealkylation sites (N-methyl/N-ethyl adjacent to an activating group) is 1. The Balaban J connectivity index is 1.27. The van der Waals surface area contributed by atoms with E-state index >= 15 is 4.39 Å². The molecule has 12 heteroatoms. The maximum Gasteiger partial charge on any atom is 0.264 e. The van der Waals surface area contributed by atoms with Crippen LogP contribution in [0.25, 0.3) is 22.3 Å². The van der Waals surface area contributed by atoms with Crippen molar-refractivity contribution in [2.75, 3.05) is 39.0 Å². The molecule has 4 heterocycles. The van der Waals surface area contributed by atoms with Gasteiger partial charge in [-0.1, -0.05) is 18.2 Å². The summed E-state index contributed by atoms with van der Waals surface area (Å²) in [6.45, 7) is 11.0. The second kappa shape index (κ2) is 13.3. The maximum absolute atomic E-state index is 15.7. The SMILES string of the molecule is CC1CN(C(C)(C)C=C(C#N)C(=O)N2CCC[C@H](n3nc(-c4ccc(Oc5ccccc5)cc4F)c4c(N)ncnc43)C2)C[C@H](C)N1C.